The number of nitrogens with one attached hydrogen (secondary N) is 1. The van der Waals surface area contributed by atoms with E-state index < -0.39 is 10.0 Å². The Labute approximate surface area is 114 Å². The third-order valence-electron chi connectivity index (χ3n) is 3.40. The van der Waals surface area contributed by atoms with Crippen LogP contribution in [0, 0.1) is 5.92 Å². The number of anilines is 1. The van der Waals surface area contributed by atoms with Gasteiger partial charge in [-0.25, -0.2) is 13.1 Å². The number of hydrogen-bond acceptors (Lipinski definition) is 4. The van der Waals surface area contributed by atoms with E-state index in [1.807, 2.05) is 0 Å². The second-order valence-corrected chi connectivity index (χ2v) is 6.63. The summed E-state index contributed by atoms with van der Waals surface area (Å²) in [4.78, 5) is 0.195. The molecule has 1 aromatic rings. The molecule has 106 valence electrons. The molecule has 0 bridgehead atoms. The normalized spacial score (nSPS) is 22.2. The van der Waals surface area contributed by atoms with Gasteiger partial charge in [-0.3, -0.25) is 0 Å². The van der Waals surface area contributed by atoms with Gasteiger partial charge in [0.2, 0.25) is 10.0 Å². The van der Waals surface area contributed by atoms with Crippen LogP contribution in [0.3, 0.4) is 0 Å². The summed E-state index contributed by atoms with van der Waals surface area (Å²) in [6, 6.07) is 4.57. The van der Waals surface area contributed by atoms with Gasteiger partial charge < -0.3 is 10.5 Å². The molecule has 0 heterocycles. The number of nitrogen functional groups attached to an aromatic ring is 1. The van der Waals surface area contributed by atoms with Gasteiger partial charge in [-0.15, -0.1) is 0 Å². The Morgan fingerprint density at radius 3 is 2.84 bits per heavy atom. The van der Waals surface area contributed by atoms with Gasteiger partial charge >= 0.3 is 0 Å². The zero-order chi connectivity index (χ0) is 14.0. The van der Waals surface area contributed by atoms with Gasteiger partial charge in [0.25, 0.3) is 0 Å². The molecule has 1 aliphatic carbocycles. The molecule has 6 heteroatoms. The second-order valence-electron chi connectivity index (χ2n) is 4.92. The number of sulfonamides is 1. The number of benzene rings is 1. The number of nitrogens with two attached hydrogens (primary N) is 1. The summed E-state index contributed by atoms with van der Waals surface area (Å²) in [5.41, 5.74) is 6.11. The molecule has 1 aliphatic rings. The first kappa shape index (κ1) is 14.1. The quantitative estimate of drug-likeness (QED) is 0.780. The van der Waals surface area contributed by atoms with E-state index in [2.05, 4.69) is 11.6 Å². The van der Waals surface area contributed by atoms with Crippen LogP contribution in [0.4, 0.5) is 5.69 Å². The van der Waals surface area contributed by atoms with Gasteiger partial charge in [-0.1, -0.05) is 13.3 Å². The Balaban J connectivity index is 2.12. The van der Waals surface area contributed by atoms with Crippen molar-refractivity contribution in [1.82, 2.24) is 4.72 Å². The van der Waals surface area contributed by atoms with Crippen molar-refractivity contribution < 1.29 is 13.2 Å². The summed E-state index contributed by atoms with van der Waals surface area (Å²) in [5, 5.41) is 0. The van der Waals surface area contributed by atoms with Crippen molar-refractivity contribution in [3.63, 3.8) is 0 Å². The number of methoxy groups -OCH3 is 1. The van der Waals surface area contributed by atoms with E-state index in [1.165, 1.54) is 19.2 Å². The first-order chi connectivity index (χ1) is 8.97. The predicted molar refractivity (Wildman–Crippen MR) is 74.5 cm³/mol. The molecule has 3 N–H and O–H groups in total. The summed E-state index contributed by atoms with van der Waals surface area (Å²) in [7, 11) is -2.02. The molecule has 1 fully saturated rings. The standard InChI is InChI=1S/C13H20N2O3S/c1-3-4-9-7-12(9)15-19(16,17)10-5-6-11(14)13(8-10)18-2/h5-6,8-9,12,15H,3-4,7,14H2,1-2H3. The monoisotopic (exact) mass is 284 g/mol. The van der Waals surface area contributed by atoms with Crippen molar-refractivity contribution in [3.05, 3.63) is 18.2 Å². The van der Waals surface area contributed by atoms with Crippen molar-refractivity contribution in [2.75, 3.05) is 12.8 Å². The summed E-state index contributed by atoms with van der Waals surface area (Å²) >= 11 is 0. The van der Waals surface area contributed by atoms with Crippen LogP contribution in [0.25, 0.3) is 0 Å². The lowest BCUT2D eigenvalue weighted by Crippen LogP contribution is -2.27. The summed E-state index contributed by atoms with van der Waals surface area (Å²) < 4.78 is 32.2. The zero-order valence-electron chi connectivity index (χ0n) is 11.2. The molecule has 1 saturated carbocycles. The fourth-order valence-corrected chi connectivity index (χ4v) is 3.54. The van der Waals surface area contributed by atoms with Gasteiger partial charge in [0.1, 0.15) is 5.75 Å². The van der Waals surface area contributed by atoms with E-state index in [9.17, 15) is 8.42 Å². The number of ether oxygens (including phenoxy) is 1. The lowest BCUT2D eigenvalue weighted by Gasteiger charge is -2.09. The predicted octanol–water partition coefficient (Wildman–Crippen LogP) is 1.74. The van der Waals surface area contributed by atoms with E-state index in [4.69, 9.17) is 10.5 Å². The molecular formula is C13H20N2O3S. The molecule has 0 radical (unpaired) electrons. The molecule has 1 aromatic carbocycles. The average Bonchev–Trinajstić information content (AvgIpc) is 3.07. The van der Waals surface area contributed by atoms with Crippen LogP contribution in [0.5, 0.6) is 5.75 Å². The highest BCUT2D eigenvalue weighted by atomic mass is 32.2. The third-order valence-corrected chi connectivity index (χ3v) is 4.89. The molecule has 2 unspecified atom stereocenters. The molecule has 0 aromatic heterocycles. The summed E-state index contributed by atoms with van der Waals surface area (Å²) in [6.45, 7) is 2.11. The van der Waals surface area contributed by atoms with Crippen LogP contribution in [0.15, 0.2) is 23.1 Å². The molecule has 0 saturated heterocycles. The zero-order valence-corrected chi connectivity index (χ0v) is 12.0. The van der Waals surface area contributed by atoms with Crippen LogP contribution in [0.2, 0.25) is 0 Å². The first-order valence-corrected chi connectivity index (χ1v) is 7.92. The highest BCUT2D eigenvalue weighted by Gasteiger charge is 2.39. The average molecular weight is 284 g/mol. The van der Waals surface area contributed by atoms with Crippen molar-refractivity contribution in [3.8, 4) is 5.75 Å². The maximum absolute atomic E-state index is 12.2. The number of rotatable bonds is 6. The highest BCUT2D eigenvalue weighted by molar-refractivity contribution is 7.89. The fourth-order valence-electron chi connectivity index (χ4n) is 2.21. The minimum absolute atomic E-state index is 0.0773. The SMILES string of the molecule is CCCC1CC1NS(=O)(=O)c1ccc(N)c(OC)c1. The molecule has 19 heavy (non-hydrogen) atoms. The van der Waals surface area contributed by atoms with Crippen molar-refractivity contribution in [2.24, 2.45) is 5.92 Å². The molecular weight excluding hydrogens is 264 g/mol. The van der Waals surface area contributed by atoms with Crippen molar-refractivity contribution >= 4 is 15.7 Å². The fraction of sp³-hybridized carbons (Fsp3) is 0.538. The van der Waals surface area contributed by atoms with Crippen LogP contribution in [-0.2, 0) is 10.0 Å². The van der Waals surface area contributed by atoms with Crippen molar-refractivity contribution in [2.45, 2.75) is 37.1 Å². The van der Waals surface area contributed by atoms with Crippen LogP contribution >= 0.6 is 0 Å². The molecule has 0 aliphatic heterocycles. The van der Waals surface area contributed by atoms with E-state index in [0.29, 0.717) is 17.4 Å². The highest BCUT2D eigenvalue weighted by Crippen LogP contribution is 2.36. The summed E-state index contributed by atoms with van der Waals surface area (Å²) in [6.07, 6.45) is 3.08. The van der Waals surface area contributed by atoms with Crippen LogP contribution < -0.4 is 15.2 Å². The van der Waals surface area contributed by atoms with E-state index in [1.54, 1.807) is 6.07 Å². The van der Waals surface area contributed by atoms with Crippen molar-refractivity contribution in [1.29, 1.82) is 0 Å². The molecule has 0 spiro atoms. The lowest BCUT2D eigenvalue weighted by molar-refractivity contribution is 0.415. The summed E-state index contributed by atoms with van der Waals surface area (Å²) in [5.74, 6) is 0.860. The van der Waals surface area contributed by atoms with Crippen LogP contribution in [-0.4, -0.2) is 21.6 Å². The van der Waals surface area contributed by atoms with Gasteiger partial charge in [0, 0.05) is 12.1 Å². The van der Waals surface area contributed by atoms with E-state index in [-0.39, 0.29) is 10.9 Å². The Morgan fingerprint density at radius 2 is 2.21 bits per heavy atom. The second kappa shape index (κ2) is 5.38. The Hall–Kier alpha value is -1.27. The minimum Gasteiger partial charge on any atom is -0.495 e. The molecule has 5 nitrogen and oxygen atoms in total. The molecule has 2 atom stereocenters. The third kappa shape index (κ3) is 3.19. The maximum atomic E-state index is 12.2. The Morgan fingerprint density at radius 1 is 1.47 bits per heavy atom. The Bertz CT molecular complexity index is 557. The van der Waals surface area contributed by atoms with Gasteiger partial charge in [-0.2, -0.15) is 0 Å². The van der Waals surface area contributed by atoms with Crippen LogP contribution in [0.1, 0.15) is 26.2 Å². The number of hydrogen-bond donors (Lipinski definition) is 2. The topological polar surface area (TPSA) is 81.4 Å². The van der Waals surface area contributed by atoms with E-state index >= 15 is 0 Å². The smallest absolute Gasteiger partial charge is 0.240 e. The van der Waals surface area contributed by atoms with Gasteiger partial charge in [0.05, 0.1) is 17.7 Å². The largest absolute Gasteiger partial charge is 0.495 e. The van der Waals surface area contributed by atoms with E-state index in [0.717, 1.165) is 19.3 Å². The maximum Gasteiger partial charge on any atom is 0.240 e. The Kier molecular flexibility index (Phi) is 4.01. The van der Waals surface area contributed by atoms with Gasteiger partial charge in [0.15, 0.2) is 0 Å². The minimum atomic E-state index is -3.48. The molecule has 2 rings (SSSR count). The van der Waals surface area contributed by atoms with Gasteiger partial charge in [-0.05, 0) is 30.9 Å². The lowest BCUT2D eigenvalue weighted by atomic mass is 10.2. The molecule has 0 amide bonds. The first-order valence-electron chi connectivity index (χ1n) is 6.43.